The molecule has 4 heteroatoms. The Hall–Kier alpha value is -1.19. The van der Waals surface area contributed by atoms with E-state index in [0.717, 1.165) is 0 Å². The molecule has 0 saturated heterocycles. The molecule has 1 heterocycles. The van der Waals surface area contributed by atoms with Crippen LogP contribution in [0.5, 0.6) is 0 Å². The first kappa shape index (κ1) is 4.96. The zero-order valence-electron chi connectivity index (χ0n) is 4.08. The molecule has 3 nitrogen and oxygen atoms in total. The van der Waals surface area contributed by atoms with Crippen LogP contribution < -0.4 is 0 Å². The van der Waals surface area contributed by atoms with E-state index in [2.05, 4.69) is 16.8 Å². The minimum atomic E-state index is 0.130. The molecular weight excluding hydrogens is 109 g/mol. The summed E-state index contributed by atoms with van der Waals surface area (Å²) in [5.41, 5.74) is 0. The van der Waals surface area contributed by atoms with Crippen LogP contribution in [0.2, 0.25) is 0 Å². The molecule has 0 aliphatic heterocycles. The molecule has 1 aromatic rings. The normalized spacial score (nSPS) is 9.12. The summed E-state index contributed by atoms with van der Waals surface area (Å²) >= 11 is 0. The van der Waals surface area contributed by atoms with Gasteiger partial charge in [0.15, 0.2) is 5.82 Å². The molecule has 0 aromatic carbocycles. The molecular formula is C4H4FN3. The molecule has 0 atom stereocenters. The third-order valence-corrected chi connectivity index (χ3v) is 0.743. The number of hydrogen-bond donors (Lipinski definition) is 0. The summed E-state index contributed by atoms with van der Waals surface area (Å²) in [6.07, 6.45) is 1.31. The van der Waals surface area contributed by atoms with Crippen molar-refractivity contribution in [3.8, 4) is 0 Å². The Bertz CT molecular complexity index is 193. The van der Waals surface area contributed by atoms with Crippen LogP contribution >= 0.6 is 0 Å². The predicted octanol–water partition coefficient (Wildman–Crippen LogP) is 0.948. The van der Waals surface area contributed by atoms with Gasteiger partial charge in [0.1, 0.15) is 0 Å². The van der Waals surface area contributed by atoms with Gasteiger partial charge in [-0.15, -0.1) is 5.10 Å². The van der Waals surface area contributed by atoms with Gasteiger partial charge in [0.2, 0.25) is 0 Å². The first-order valence-electron chi connectivity index (χ1n) is 2.01. The Morgan fingerprint density at radius 2 is 2.62 bits per heavy atom. The van der Waals surface area contributed by atoms with Gasteiger partial charge < -0.3 is 0 Å². The zero-order valence-corrected chi connectivity index (χ0v) is 4.08. The fraction of sp³-hybridized carbons (Fsp3) is 0. The van der Waals surface area contributed by atoms with Gasteiger partial charge in [0.05, 0.1) is 6.20 Å². The molecule has 8 heavy (non-hydrogen) atoms. The summed E-state index contributed by atoms with van der Waals surface area (Å²) < 4.78 is 12.0. The summed E-state index contributed by atoms with van der Waals surface area (Å²) in [6.45, 7) is 3.11. The molecule has 0 fully saturated rings. The van der Waals surface area contributed by atoms with Crippen molar-refractivity contribution in [2.24, 2.45) is 4.99 Å². The minimum absolute atomic E-state index is 0.130. The van der Waals surface area contributed by atoms with Gasteiger partial charge in [-0.3, -0.25) is 0 Å². The maximum atomic E-state index is 12.0. The molecule has 0 aliphatic rings. The highest BCUT2D eigenvalue weighted by Gasteiger charge is 1.92. The molecule has 1 rings (SSSR count). The largest absolute Gasteiger partial charge is 0.243 e. The van der Waals surface area contributed by atoms with E-state index in [1.807, 2.05) is 0 Å². The lowest BCUT2D eigenvalue weighted by molar-refractivity contribution is 0.322. The highest BCUT2D eigenvalue weighted by atomic mass is 19.2. The number of aliphatic imine (C=N–C) groups is 1. The van der Waals surface area contributed by atoms with E-state index >= 15 is 0 Å². The summed E-state index contributed by atoms with van der Waals surface area (Å²) in [7, 11) is 0. The third-order valence-electron chi connectivity index (χ3n) is 0.743. The second-order valence-electron chi connectivity index (χ2n) is 1.21. The fourth-order valence-corrected chi connectivity index (χ4v) is 0.390. The Balaban J connectivity index is 3.09. The van der Waals surface area contributed by atoms with E-state index in [0.29, 0.717) is 0 Å². The van der Waals surface area contributed by atoms with E-state index in [1.165, 1.54) is 12.3 Å². The first-order chi connectivity index (χ1) is 3.84. The standard InChI is InChI=1S/C4H4FN3/c1-6-4-2-3-7-8(4)5/h2-3H,1H2. The Morgan fingerprint density at radius 1 is 1.88 bits per heavy atom. The van der Waals surface area contributed by atoms with E-state index in [4.69, 9.17) is 0 Å². The van der Waals surface area contributed by atoms with Crippen LogP contribution in [0.4, 0.5) is 10.3 Å². The predicted molar refractivity (Wildman–Crippen MR) is 27.9 cm³/mol. The van der Waals surface area contributed by atoms with Crippen molar-refractivity contribution in [1.29, 1.82) is 0 Å². The number of nitrogens with zero attached hydrogens (tertiary/aromatic N) is 3. The summed E-state index contributed by atoms with van der Waals surface area (Å²) in [4.78, 5) is 3.47. The molecule has 0 bridgehead atoms. The third kappa shape index (κ3) is 0.598. The molecule has 0 saturated carbocycles. The van der Waals surface area contributed by atoms with Gasteiger partial charge in [0, 0.05) is 6.07 Å². The van der Waals surface area contributed by atoms with Gasteiger partial charge in [-0.2, -0.15) is 0 Å². The molecule has 0 aliphatic carbocycles. The molecule has 0 amide bonds. The summed E-state index contributed by atoms with van der Waals surface area (Å²) in [6, 6.07) is 1.42. The van der Waals surface area contributed by atoms with Crippen LogP contribution in [0.1, 0.15) is 0 Å². The lowest BCUT2D eigenvalue weighted by atomic mass is 10.7. The molecule has 1 aromatic heterocycles. The molecule has 42 valence electrons. The van der Waals surface area contributed by atoms with Gasteiger partial charge in [0.25, 0.3) is 0 Å². The monoisotopic (exact) mass is 113 g/mol. The number of aromatic nitrogens is 2. The van der Waals surface area contributed by atoms with Gasteiger partial charge in [-0.05, 0) is 6.72 Å². The highest BCUT2D eigenvalue weighted by molar-refractivity contribution is 5.38. The lowest BCUT2D eigenvalue weighted by Crippen LogP contribution is -1.79. The molecule has 0 spiro atoms. The lowest BCUT2D eigenvalue weighted by Gasteiger charge is -1.82. The van der Waals surface area contributed by atoms with E-state index in [1.54, 1.807) is 0 Å². The van der Waals surface area contributed by atoms with Crippen LogP contribution in [0.3, 0.4) is 0 Å². The second-order valence-corrected chi connectivity index (χ2v) is 1.21. The second kappa shape index (κ2) is 1.73. The van der Waals surface area contributed by atoms with Crippen molar-refractivity contribution < 1.29 is 4.48 Å². The maximum Gasteiger partial charge on any atom is 0.185 e. The number of hydrogen-bond acceptors (Lipinski definition) is 2. The summed E-state index contributed by atoms with van der Waals surface area (Å²) in [5, 5.41) is 3.20. The molecule has 0 radical (unpaired) electrons. The Morgan fingerprint density at radius 3 is 2.88 bits per heavy atom. The van der Waals surface area contributed by atoms with Crippen molar-refractivity contribution >= 4 is 12.5 Å². The maximum absolute atomic E-state index is 12.0. The average Bonchev–Trinajstić information content (AvgIpc) is 2.14. The minimum Gasteiger partial charge on any atom is -0.243 e. The average molecular weight is 113 g/mol. The van der Waals surface area contributed by atoms with E-state index < -0.39 is 0 Å². The quantitative estimate of drug-likeness (QED) is 0.498. The highest BCUT2D eigenvalue weighted by Crippen LogP contribution is 2.07. The number of halogens is 1. The molecule has 0 N–H and O–H groups in total. The first-order valence-corrected chi connectivity index (χ1v) is 2.01. The van der Waals surface area contributed by atoms with Gasteiger partial charge >= 0.3 is 0 Å². The zero-order chi connectivity index (χ0) is 5.98. The Kier molecular flexibility index (Phi) is 1.07. The van der Waals surface area contributed by atoms with Crippen molar-refractivity contribution in [2.45, 2.75) is 0 Å². The smallest absolute Gasteiger partial charge is 0.185 e. The van der Waals surface area contributed by atoms with Crippen LogP contribution in [0.25, 0.3) is 0 Å². The Labute approximate surface area is 45.4 Å². The fourth-order valence-electron chi connectivity index (χ4n) is 0.390. The van der Waals surface area contributed by atoms with E-state index in [9.17, 15) is 4.48 Å². The van der Waals surface area contributed by atoms with E-state index in [-0.39, 0.29) is 10.7 Å². The van der Waals surface area contributed by atoms with Gasteiger partial charge in [-0.1, -0.05) is 9.39 Å². The van der Waals surface area contributed by atoms with Crippen LogP contribution in [0, 0.1) is 0 Å². The van der Waals surface area contributed by atoms with Gasteiger partial charge in [-0.25, -0.2) is 4.99 Å². The van der Waals surface area contributed by atoms with Crippen molar-refractivity contribution in [1.82, 2.24) is 10.0 Å². The topological polar surface area (TPSA) is 30.2 Å². The van der Waals surface area contributed by atoms with Crippen LogP contribution in [-0.2, 0) is 0 Å². The van der Waals surface area contributed by atoms with Crippen LogP contribution in [0.15, 0.2) is 17.3 Å². The number of rotatable bonds is 1. The molecule has 0 unspecified atom stereocenters. The van der Waals surface area contributed by atoms with Crippen molar-refractivity contribution in [3.05, 3.63) is 12.3 Å². The SMILES string of the molecule is C=Nc1ccnn1F. The van der Waals surface area contributed by atoms with Crippen molar-refractivity contribution in [2.75, 3.05) is 0 Å². The van der Waals surface area contributed by atoms with Crippen LogP contribution in [-0.4, -0.2) is 16.7 Å². The summed E-state index contributed by atoms with van der Waals surface area (Å²) in [5.74, 6) is 0.130. The van der Waals surface area contributed by atoms with Crippen molar-refractivity contribution in [3.63, 3.8) is 0 Å².